The molecule has 1 nitrogen and oxygen atoms in total. The fourth-order valence-electron chi connectivity index (χ4n) is 0.988. The first-order chi connectivity index (χ1) is 6.13. The molecular weight excluding hydrogens is 182 g/mol. The summed E-state index contributed by atoms with van der Waals surface area (Å²) in [6.45, 7) is 6.16. The molecule has 2 heteroatoms. The molecule has 0 atom stereocenters. The lowest BCUT2D eigenvalue weighted by Gasteiger charge is -2.01. The van der Waals surface area contributed by atoms with Gasteiger partial charge in [-0.3, -0.25) is 4.99 Å². The zero-order chi connectivity index (χ0) is 9.84. The highest BCUT2D eigenvalue weighted by molar-refractivity contribution is 6.30. The first-order valence-corrected chi connectivity index (χ1v) is 4.81. The van der Waals surface area contributed by atoms with Crippen molar-refractivity contribution in [1.82, 2.24) is 0 Å². The highest BCUT2D eigenvalue weighted by Crippen LogP contribution is 2.23. The van der Waals surface area contributed by atoms with Crippen molar-refractivity contribution >= 4 is 23.0 Å². The molecule has 0 saturated carbocycles. The molecular formula is C11H14ClN. The Morgan fingerprint density at radius 1 is 1.46 bits per heavy atom. The average Bonchev–Trinajstić information content (AvgIpc) is 2.11. The zero-order valence-electron chi connectivity index (χ0n) is 8.26. The molecule has 1 aromatic rings. The minimum absolute atomic E-state index is 0.744. The van der Waals surface area contributed by atoms with Crippen LogP contribution in [-0.4, -0.2) is 5.71 Å². The van der Waals surface area contributed by atoms with E-state index in [0.29, 0.717) is 0 Å². The highest BCUT2D eigenvalue weighted by Gasteiger charge is 1.97. The zero-order valence-corrected chi connectivity index (χ0v) is 9.02. The van der Waals surface area contributed by atoms with Gasteiger partial charge in [0.15, 0.2) is 0 Å². The van der Waals surface area contributed by atoms with Gasteiger partial charge in [-0.15, -0.1) is 0 Å². The predicted octanol–water partition coefficient (Wildman–Crippen LogP) is 4.15. The van der Waals surface area contributed by atoms with E-state index in [-0.39, 0.29) is 0 Å². The number of nitrogens with zero attached hydrogens (tertiary/aromatic N) is 1. The van der Waals surface area contributed by atoms with Crippen molar-refractivity contribution in [1.29, 1.82) is 0 Å². The molecule has 0 fully saturated rings. The number of benzene rings is 1. The van der Waals surface area contributed by atoms with Gasteiger partial charge in [-0.1, -0.05) is 24.6 Å². The molecule has 0 heterocycles. The van der Waals surface area contributed by atoms with E-state index in [1.165, 1.54) is 0 Å². The van der Waals surface area contributed by atoms with Crippen LogP contribution >= 0.6 is 11.6 Å². The Morgan fingerprint density at radius 3 is 2.77 bits per heavy atom. The molecule has 0 unspecified atom stereocenters. The van der Waals surface area contributed by atoms with Gasteiger partial charge in [0.2, 0.25) is 0 Å². The summed E-state index contributed by atoms with van der Waals surface area (Å²) in [5.74, 6) is 0. The maximum Gasteiger partial charge on any atom is 0.0672 e. The molecule has 0 bridgehead atoms. The van der Waals surface area contributed by atoms with Crippen LogP contribution in [0.5, 0.6) is 0 Å². The number of hydrogen-bond acceptors (Lipinski definition) is 1. The van der Waals surface area contributed by atoms with Crippen molar-refractivity contribution in [3.05, 3.63) is 28.8 Å². The van der Waals surface area contributed by atoms with Gasteiger partial charge in [0.1, 0.15) is 0 Å². The third kappa shape index (κ3) is 2.85. The van der Waals surface area contributed by atoms with E-state index in [4.69, 9.17) is 11.6 Å². The summed E-state index contributed by atoms with van der Waals surface area (Å²) in [6, 6.07) is 5.78. The van der Waals surface area contributed by atoms with Gasteiger partial charge >= 0.3 is 0 Å². The molecule has 0 saturated heterocycles. The summed E-state index contributed by atoms with van der Waals surface area (Å²) in [7, 11) is 0. The fourth-order valence-corrected chi connectivity index (χ4v) is 1.15. The van der Waals surface area contributed by atoms with E-state index in [0.717, 1.165) is 28.4 Å². The average molecular weight is 196 g/mol. The van der Waals surface area contributed by atoms with Crippen LogP contribution in [0.15, 0.2) is 23.2 Å². The molecule has 0 aromatic heterocycles. The summed E-state index contributed by atoms with van der Waals surface area (Å²) in [4.78, 5) is 4.47. The SMILES string of the molecule is CCC(C)=Nc1cc(Cl)ccc1C. The van der Waals surface area contributed by atoms with Gasteiger partial charge in [-0.05, 0) is 38.0 Å². The molecule has 0 aliphatic carbocycles. The molecule has 1 rings (SSSR count). The fraction of sp³-hybridized carbons (Fsp3) is 0.364. The lowest BCUT2D eigenvalue weighted by Crippen LogP contribution is -1.86. The molecule has 13 heavy (non-hydrogen) atoms. The van der Waals surface area contributed by atoms with Crippen LogP contribution in [0.1, 0.15) is 25.8 Å². The molecule has 0 radical (unpaired) electrons. The van der Waals surface area contributed by atoms with Gasteiger partial charge < -0.3 is 0 Å². The smallest absolute Gasteiger partial charge is 0.0672 e. The molecule has 0 amide bonds. The van der Waals surface area contributed by atoms with Crippen LogP contribution < -0.4 is 0 Å². The van der Waals surface area contributed by atoms with Crippen molar-refractivity contribution in [3.8, 4) is 0 Å². The second-order valence-corrected chi connectivity index (χ2v) is 3.57. The Labute approximate surface area is 84.5 Å². The van der Waals surface area contributed by atoms with Crippen LogP contribution in [0.2, 0.25) is 5.02 Å². The number of rotatable bonds is 2. The Kier molecular flexibility index (Phi) is 3.49. The van der Waals surface area contributed by atoms with Crippen molar-refractivity contribution in [2.24, 2.45) is 4.99 Å². The summed E-state index contributed by atoms with van der Waals surface area (Å²) in [5.41, 5.74) is 3.27. The Balaban J connectivity index is 3.07. The van der Waals surface area contributed by atoms with Crippen molar-refractivity contribution in [2.45, 2.75) is 27.2 Å². The molecule has 0 N–H and O–H groups in total. The van der Waals surface area contributed by atoms with Crippen LogP contribution in [0.3, 0.4) is 0 Å². The van der Waals surface area contributed by atoms with Crippen LogP contribution in [-0.2, 0) is 0 Å². The monoisotopic (exact) mass is 195 g/mol. The van der Waals surface area contributed by atoms with E-state index < -0.39 is 0 Å². The van der Waals surface area contributed by atoms with Gasteiger partial charge in [0.05, 0.1) is 5.69 Å². The topological polar surface area (TPSA) is 12.4 Å². The second kappa shape index (κ2) is 4.43. The van der Waals surface area contributed by atoms with E-state index in [2.05, 4.69) is 11.9 Å². The Bertz CT molecular complexity index is 329. The first-order valence-electron chi connectivity index (χ1n) is 4.43. The predicted molar refractivity (Wildman–Crippen MR) is 59.2 cm³/mol. The van der Waals surface area contributed by atoms with Gasteiger partial charge in [-0.25, -0.2) is 0 Å². The summed E-state index contributed by atoms with van der Waals surface area (Å²) < 4.78 is 0. The second-order valence-electron chi connectivity index (χ2n) is 3.13. The summed E-state index contributed by atoms with van der Waals surface area (Å²) in [5, 5.41) is 0.744. The molecule has 0 aliphatic rings. The lowest BCUT2D eigenvalue weighted by atomic mass is 10.2. The molecule has 70 valence electrons. The largest absolute Gasteiger partial charge is 0.258 e. The van der Waals surface area contributed by atoms with Crippen LogP contribution in [0.25, 0.3) is 0 Å². The normalized spacial score (nSPS) is 11.8. The number of hydrogen-bond donors (Lipinski definition) is 0. The third-order valence-corrected chi connectivity index (χ3v) is 2.23. The Hall–Kier alpha value is -0.820. The standard InChI is InChI=1S/C11H14ClN/c1-4-9(3)13-11-7-10(12)6-5-8(11)2/h5-7H,4H2,1-3H3. The van der Waals surface area contributed by atoms with E-state index in [1.54, 1.807) is 0 Å². The maximum atomic E-state index is 5.87. The number of halogens is 1. The minimum atomic E-state index is 0.744. The quantitative estimate of drug-likeness (QED) is 0.629. The first kappa shape index (κ1) is 10.3. The Morgan fingerprint density at radius 2 is 2.15 bits per heavy atom. The number of aryl methyl sites for hydroxylation is 1. The maximum absolute atomic E-state index is 5.87. The summed E-state index contributed by atoms with van der Waals surface area (Å²) in [6.07, 6.45) is 0.978. The molecule has 0 spiro atoms. The highest BCUT2D eigenvalue weighted by atomic mass is 35.5. The van der Waals surface area contributed by atoms with Gasteiger partial charge in [0, 0.05) is 10.7 Å². The van der Waals surface area contributed by atoms with Gasteiger partial charge in [0.25, 0.3) is 0 Å². The van der Waals surface area contributed by atoms with E-state index in [9.17, 15) is 0 Å². The summed E-state index contributed by atoms with van der Waals surface area (Å²) >= 11 is 5.87. The van der Waals surface area contributed by atoms with Crippen molar-refractivity contribution in [3.63, 3.8) is 0 Å². The molecule has 0 aliphatic heterocycles. The lowest BCUT2D eigenvalue weighted by molar-refractivity contribution is 1.24. The minimum Gasteiger partial charge on any atom is -0.258 e. The van der Waals surface area contributed by atoms with E-state index in [1.807, 2.05) is 32.0 Å². The third-order valence-electron chi connectivity index (χ3n) is 1.99. The van der Waals surface area contributed by atoms with E-state index >= 15 is 0 Å². The molecule has 1 aromatic carbocycles. The van der Waals surface area contributed by atoms with Crippen molar-refractivity contribution in [2.75, 3.05) is 0 Å². The van der Waals surface area contributed by atoms with Gasteiger partial charge in [-0.2, -0.15) is 0 Å². The van der Waals surface area contributed by atoms with Crippen LogP contribution in [0.4, 0.5) is 5.69 Å². The van der Waals surface area contributed by atoms with Crippen molar-refractivity contribution < 1.29 is 0 Å². The number of aliphatic imine (C=N–C) groups is 1. The van der Waals surface area contributed by atoms with Crippen LogP contribution in [0, 0.1) is 6.92 Å².